The van der Waals surface area contributed by atoms with Crippen LogP contribution in [0.1, 0.15) is 12.5 Å². The summed E-state index contributed by atoms with van der Waals surface area (Å²) in [4.78, 5) is 8.09. The second kappa shape index (κ2) is 10.0. The van der Waals surface area contributed by atoms with Gasteiger partial charge in [0.1, 0.15) is 23.1 Å². The molecule has 2 aromatic carbocycles. The van der Waals surface area contributed by atoms with Gasteiger partial charge in [0.05, 0.1) is 12.8 Å². The van der Waals surface area contributed by atoms with Gasteiger partial charge in [0.15, 0.2) is 5.82 Å². The molecule has 0 spiro atoms. The van der Waals surface area contributed by atoms with Gasteiger partial charge in [0.25, 0.3) is 0 Å². The zero-order chi connectivity index (χ0) is 22.4. The van der Waals surface area contributed by atoms with Crippen LogP contribution in [0.25, 0.3) is 11.3 Å². The molecule has 10 heteroatoms. The van der Waals surface area contributed by atoms with E-state index >= 15 is 0 Å². The van der Waals surface area contributed by atoms with Crippen molar-refractivity contribution < 1.29 is 17.9 Å². The molecule has 0 aliphatic carbocycles. The van der Waals surface area contributed by atoms with Crippen molar-refractivity contribution in [2.24, 2.45) is 4.36 Å². The summed E-state index contributed by atoms with van der Waals surface area (Å²) in [5, 5.41) is 11.5. The number of aromatic nitrogens is 2. The molecule has 1 aromatic heterocycles. The number of rotatable bonds is 7. The third kappa shape index (κ3) is 5.79. The molecule has 1 atom stereocenters. The van der Waals surface area contributed by atoms with Crippen LogP contribution >= 0.6 is 0 Å². The first-order valence-corrected chi connectivity index (χ1v) is 10.9. The number of ether oxygens (including phenoxy) is 1. The van der Waals surface area contributed by atoms with Crippen LogP contribution in [0, 0.1) is 28.9 Å². The molecule has 0 amide bonds. The minimum absolute atomic E-state index is 0.0249. The van der Waals surface area contributed by atoms with Crippen molar-refractivity contribution in [1.29, 1.82) is 5.26 Å². The summed E-state index contributed by atoms with van der Waals surface area (Å²) in [6.07, 6.45) is 4.48. The molecule has 0 aliphatic rings. The molecule has 3 rings (SSSR count). The summed E-state index contributed by atoms with van der Waals surface area (Å²) in [6.45, 7) is 1.99. The summed E-state index contributed by atoms with van der Waals surface area (Å²) < 4.78 is 51.3. The molecule has 0 fully saturated rings. The second-order valence-electron chi connectivity index (χ2n) is 6.37. The Hall–Kier alpha value is -3.45. The number of benzene rings is 2. The van der Waals surface area contributed by atoms with Crippen molar-refractivity contribution in [3.63, 3.8) is 0 Å². The van der Waals surface area contributed by atoms with Crippen molar-refractivity contribution in [3.8, 4) is 23.2 Å². The highest BCUT2D eigenvalue weighted by atomic mass is 32.2. The average molecular weight is 445 g/mol. The molecule has 0 saturated heterocycles. The van der Waals surface area contributed by atoms with Gasteiger partial charge >= 0.3 is 0 Å². The maximum Gasteiger partial charge on any atom is 0.227 e. The lowest BCUT2D eigenvalue weighted by molar-refractivity contribution is 0.339. The first-order chi connectivity index (χ1) is 14.9. The fraction of sp³-hybridized carbons (Fsp3) is 0.190. The fourth-order valence-corrected chi connectivity index (χ4v) is 3.71. The van der Waals surface area contributed by atoms with Crippen molar-refractivity contribution in [1.82, 2.24) is 9.97 Å². The third-order valence-corrected chi connectivity index (χ3v) is 5.17. The van der Waals surface area contributed by atoms with Crippen LogP contribution in [-0.4, -0.2) is 22.8 Å². The van der Waals surface area contributed by atoms with Crippen molar-refractivity contribution >= 4 is 22.3 Å². The molecule has 3 aromatic rings. The Bertz CT molecular complexity index is 1180. The number of hydrogen-bond acceptors (Lipinski definition) is 6. The second-order valence-corrected chi connectivity index (χ2v) is 8.04. The summed E-state index contributed by atoms with van der Waals surface area (Å²) in [6, 6.07) is 7.98. The van der Waals surface area contributed by atoms with E-state index in [1.807, 2.05) is 0 Å². The highest BCUT2D eigenvalue weighted by Gasteiger charge is 2.16. The topological polar surface area (TPSA) is 83.2 Å². The first-order valence-electron chi connectivity index (χ1n) is 9.13. The van der Waals surface area contributed by atoms with E-state index < -0.39 is 28.1 Å². The molecule has 0 saturated carbocycles. The summed E-state index contributed by atoms with van der Waals surface area (Å²) in [7, 11) is -0.578. The number of nitrogens with one attached hydrogen (secondary N) is 1. The van der Waals surface area contributed by atoms with Crippen LogP contribution < -0.4 is 10.1 Å². The Balaban J connectivity index is 1.94. The number of nitriles is 1. The van der Waals surface area contributed by atoms with Crippen molar-refractivity contribution in [2.75, 3.05) is 18.2 Å². The van der Waals surface area contributed by atoms with Crippen LogP contribution in [-0.2, 0) is 16.4 Å². The third-order valence-electron chi connectivity index (χ3n) is 4.03. The van der Waals surface area contributed by atoms with E-state index in [1.165, 1.54) is 24.3 Å². The fourth-order valence-electron chi connectivity index (χ4n) is 2.86. The van der Waals surface area contributed by atoms with Crippen molar-refractivity contribution in [3.05, 3.63) is 65.6 Å². The lowest BCUT2D eigenvalue weighted by Gasteiger charge is -2.12. The van der Waals surface area contributed by atoms with E-state index in [0.717, 1.165) is 12.3 Å². The predicted molar refractivity (Wildman–Crippen MR) is 113 cm³/mol. The van der Waals surface area contributed by atoms with Gasteiger partial charge in [-0.05, 0) is 49.1 Å². The molecule has 0 bridgehead atoms. The number of hydrogen-bond donors (Lipinski definition) is 1. The van der Waals surface area contributed by atoms with Gasteiger partial charge in [-0.2, -0.15) is 9.62 Å². The smallest absolute Gasteiger partial charge is 0.227 e. The molecular formula is C21H18F3N5OS. The van der Waals surface area contributed by atoms with Gasteiger partial charge in [-0.1, -0.05) is 10.7 Å². The molecule has 1 N–H and O–H groups in total. The number of halogens is 3. The predicted octanol–water partition coefficient (Wildman–Crippen LogP) is 5.12. The van der Waals surface area contributed by atoms with Gasteiger partial charge in [-0.15, -0.1) is 0 Å². The van der Waals surface area contributed by atoms with Gasteiger partial charge in [0.2, 0.25) is 12.1 Å². The quantitative estimate of drug-likeness (QED) is 0.511. The Morgan fingerprint density at radius 1 is 1.16 bits per heavy atom. The summed E-state index contributed by atoms with van der Waals surface area (Å²) in [5.74, 6) is -1.17. The zero-order valence-electron chi connectivity index (χ0n) is 16.7. The van der Waals surface area contributed by atoms with E-state index in [2.05, 4.69) is 19.6 Å². The normalized spacial score (nSPS) is 11.7. The molecule has 0 aliphatic heterocycles. The first kappa shape index (κ1) is 22.2. The van der Waals surface area contributed by atoms with E-state index in [1.54, 1.807) is 25.4 Å². The van der Waals surface area contributed by atoms with Crippen LogP contribution in [0.2, 0.25) is 0 Å². The SMILES string of the molecule is CCOc1cc(F)ccc1-c1nc(Nc2cc(F)cc(CS(C)=NC#N)c2)ncc1F. The molecule has 31 heavy (non-hydrogen) atoms. The Labute approximate surface area is 179 Å². The van der Waals surface area contributed by atoms with Crippen molar-refractivity contribution in [2.45, 2.75) is 12.7 Å². The number of anilines is 2. The minimum Gasteiger partial charge on any atom is -0.493 e. The highest BCUT2D eigenvalue weighted by molar-refractivity contribution is 7.85. The maximum atomic E-state index is 14.5. The van der Waals surface area contributed by atoms with Gasteiger partial charge in [-0.3, -0.25) is 0 Å². The molecule has 0 radical (unpaired) electrons. The lowest BCUT2D eigenvalue weighted by Crippen LogP contribution is -2.03. The van der Waals surface area contributed by atoms with Crippen LogP contribution in [0.15, 0.2) is 47.0 Å². The molecule has 6 nitrogen and oxygen atoms in total. The van der Waals surface area contributed by atoms with Gasteiger partial charge < -0.3 is 10.1 Å². The standard InChI is InChI=1S/C21H18F3N5OS/c1-3-30-19-9-14(22)4-5-17(19)20-18(24)10-26-21(29-20)28-16-7-13(6-15(23)8-16)11-31(2)27-12-25/h4-10H,3,11H2,1-2H3,(H,26,28,29). The Kier molecular flexibility index (Phi) is 7.20. The largest absolute Gasteiger partial charge is 0.493 e. The highest BCUT2D eigenvalue weighted by Crippen LogP contribution is 2.32. The van der Waals surface area contributed by atoms with Gasteiger partial charge in [-0.25, -0.2) is 23.1 Å². The molecule has 160 valence electrons. The molecule has 1 unspecified atom stereocenters. The maximum absolute atomic E-state index is 14.5. The van der Waals surface area contributed by atoms with Crippen LogP contribution in [0.5, 0.6) is 5.75 Å². The summed E-state index contributed by atoms with van der Waals surface area (Å²) >= 11 is 0. The Morgan fingerprint density at radius 2 is 1.97 bits per heavy atom. The lowest BCUT2D eigenvalue weighted by atomic mass is 10.1. The van der Waals surface area contributed by atoms with Crippen LogP contribution in [0.4, 0.5) is 24.8 Å². The van der Waals surface area contributed by atoms with E-state index in [0.29, 0.717) is 17.0 Å². The van der Waals surface area contributed by atoms with E-state index in [4.69, 9.17) is 10.00 Å². The Morgan fingerprint density at radius 3 is 2.71 bits per heavy atom. The number of nitrogens with zero attached hydrogens (tertiary/aromatic N) is 4. The van der Waals surface area contributed by atoms with Crippen LogP contribution in [0.3, 0.4) is 0 Å². The average Bonchev–Trinajstić information content (AvgIpc) is 2.70. The van der Waals surface area contributed by atoms with E-state index in [9.17, 15) is 13.2 Å². The molecule has 1 heterocycles. The zero-order valence-corrected chi connectivity index (χ0v) is 17.5. The van der Waals surface area contributed by atoms with Gasteiger partial charge in [0, 0.05) is 23.1 Å². The summed E-state index contributed by atoms with van der Waals surface area (Å²) in [5.41, 5.74) is 1.16. The monoisotopic (exact) mass is 445 g/mol. The molecular weight excluding hydrogens is 427 g/mol. The van der Waals surface area contributed by atoms with E-state index in [-0.39, 0.29) is 29.6 Å². The minimum atomic E-state index is -0.716.